The zero-order chi connectivity index (χ0) is 32.7. The van der Waals surface area contributed by atoms with Gasteiger partial charge in [-0.15, -0.1) is 0 Å². The Labute approximate surface area is 265 Å². The van der Waals surface area contributed by atoms with Crippen molar-refractivity contribution in [3.63, 3.8) is 0 Å². The van der Waals surface area contributed by atoms with Gasteiger partial charge >= 0.3 is 6.03 Å². The van der Waals surface area contributed by atoms with Crippen molar-refractivity contribution in [2.45, 2.75) is 24.2 Å². The number of anilines is 1. The van der Waals surface area contributed by atoms with Crippen molar-refractivity contribution in [2.24, 2.45) is 29.4 Å². The second-order valence-electron chi connectivity index (χ2n) is 11.9. The second kappa shape index (κ2) is 10.5. The summed E-state index contributed by atoms with van der Waals surface area (Å²) in [5.41, 5.74) is 7.86. The molecule has 10 nitrogen and oxygen atoms in total. The smallest absolute Gasteiger partial charge is 0.328 e. The van der Waals surface area contributed by atoms with Crippen LogP contribution in [0.3, 0.4) is 0 Å². The van der Waals surface area contributed by atoms with Gasteiger partial charge in [0.2, 0.25) is 11.8 Å². The van der Waals surface area contributed by atoms with Crippen LogP contribution >= 0.6 is 11.6 Å². The summed E-state index contributed by atoms with van der Waals surface area (Å²) in [5, 5.41) is 11.3. The number of rotatable bonds is 4. The van der Waals surface area contributed by atoms with Gasteiger partial charge in [-0.2, -0.15) is 9.91 Å². The number of primary amides is 1. The predicted octanol–water partition coefficient (Wildman–Crippen LogP) is 4.39. The molecule has 0 unspecified atom stereocenters. The lowest BCUT2D eigenvalue weighted by molar-refractivity contribution is -0.139. The molecule has 3 aromatic rings. The van der Waals surface area contributed by atoms with Crippen molar-refractivity contribution in [1.82, 2.24) is 9.91 Å². The maximum atomic E-state index is 15.1. The molecule has 7 rings (SSSR count). The van der Waals surface area contributed by atoms with Gasteiger partial charge in [-0.3, -0.25) is 24.6 Å². The van der Waals surface area contributed by atoms with E-state index in [-0.39, 0.29) is 24.1 Å². The Bertz CT molecular complexity index is 1880. The number of carbonyl (C=O) groups excluding carboxylic acids is 5. The molecule has 4 aliphatic rings. The molecule has 3 fully saturated rings. The van der Waals surface area contributed by atoms with Gasteiger partial charge < -0.3 is 10.8 Å². The third-order valence-corrected chi connectivity index (χ3v) is 10.0. The third kappa shape index (κ3) is 4.09. The fourth-order valence-corrected chi connectivity index (χ4v) is 8.08. The number of likely N-dealkylation sites (tertiary alicyclic amines) is 1. The molecular formula is C33H25ClF2N4O6. The fourth-order valence-electron chi connectivity index (χ4n) is 7.95. The van der Waals surface area contributed by atoms with Crippen molar-refractivity contribution in [2.75, 3.05) is 5.43 Å². The molecule has 234 valence electrons. The summed E-state index contributed by atoms with van der Waals surface area (Å²) in [4.78, 5) is 68.7. The minimum atomic E-state index is -1.72. The summed E-state index contributed by atoms with van der Waals surface area (Å²) >= 11 is 6.23. The van der Waals surface area contributed by atoms with Crippen LogP contribution in [0.5, 0.6) is 5.75 Å². The number of benzene rings is 3. The van der Waals surface area contributed by atoms with Gasteiger partial charge in [-0.25, -0.2) is 13.6 Å². The van der Waals surface area contributed by atoms with E-state index in [2.05, 4.69) is 5.43 Å². The van der Waals surface area contributed by atoms with Gasteiger partial charge in [-0.1, -0.05) is 41.4 Å². The highest BCUT2D eigenvalue weighted by molar-refractivity contribution is 6.30. The standard InChI is InChI=1S/C33H25ClF2N4O6/c34-17-4-2-16(3-5-17)33-23(29(43)40(31(33)45)38-19-8-6-18(35)7-9-19)14-22-20(27(33)15-1-12-25(41)24(36)13-15)10-11-21-26(22)30(44)39(28(21)42)32(37)46/h1-10,12-13,21-23,26-27,38,41H,11,14H2,(H2,37,46)/t21-,22+,23-,26-,27-,33+/m0/s1. The molecule has 0 radical (unpaired) electrons. The van der Waals surface area contributed by atoms with E-state index in [1.807, 2.05) is 0 Å². The van der Waals surface area contributed by atoms with Crippen LogP contribution in [0.25, 0.3) is 0 Å². The maximum Gasteiger partial charge on any atom is 0.328 e. The number of imide groups is 4. The first-order valence-corrected chi connectivity index (χ1v) is 14.8. The van der Waals surface area contributed by atoms with Crippen molar-refractivity contribution in [1.29, 1.82) is 0 Å². The average molecular weight is 647 g/mol. The number of aromatic hydroxyl groups is 1. The summed E-state index contributed by atoms with van der Waals surface area (Å²) in [6, 6.07) is 13.8. The lowest BCUT2D eigenvalue weighted by Crippen LogP contribution is -2.53. The number of hydrazine groups is 1. The summed E-state index contributed by atoms with van der Waals surface area (Å²) in [7, 11) is 0. The number of carbonyl (C=O) groups is 5. The Balaban J connectivity index is 1.47. The summed E-state index contributed by atoms with van der Waals surface area (Å²) in [5.74, 6) is -10.1. The van der Waals surface area contributed by atoms with Crippen molar-refractivity contribution in [3.05, 3.63) is 106 Å². The number of halogens is 3. The number of phenols is 1. The van der Waals surface area contributed by atoms with Crippen molar-refractivity contribution >= 4 is 46.9 Å². The van der Waals surface area contributed by atoms with Crippen LogP contribution in [0.2, 0.25) is 5.02 Å². The first-order valence-electron chi connectivity index (χ1n) is 14.5. The number of fused-ring (bicyclic) bond motifs is 4. The van der Waals surface area contributed by atoms with E-state index in [4.69, 9.17) is 17.3 Å². The molecular weight excluding hydrogens is 622 g/mol. The van der Waals surface area contributed by atoms with Gasteiger partial charge in [0.05, 0.1) is 28.9 Å². The highest BCUT2D eigenvalue weighted by Crippen LogP contribution is 2.64. The van der Waals surface area contributed by atoms with E-state index in [1.54, 1.807) is 30.3 Å². The van der Waals surface area contributed by atoms with E-state index in [0.29, 0.717) is 21.1 Å². The summed E-state index contributed by atoms with van der Waals surface area (Å²) in [6.07, 6.45) is 1.67. The number of nitrogens with zero attached hydrogens (tertiary/aromatic N) is 2. The molecule has 2 heterocycles. The van der Waals surface area contributed by atoms with Gasteiger partial charge in [-0.05, 0) is 78.4 Å². The van der Waals surface area contributed by atoms with Crippen LogP contribution in [0.15, 0.2) is 78.4 Å². The van der Waals surface area contributed by atoms with Crippen LogP contribution in [-0.2, 0) is 24.6 Å². The van der Waals surface area contributed by atoms with Crippen LogP contribution in [0, 0.1) is 35.3 Å². The molecule has 6 atom stereocenters. The van der Waals surface area contributed by atoms with E-state index in [1.165, 1.54) is 18.2 Å². The van der Waals surface area contributed by atoms with E-state index in [0.717, 1.165) is 29.3 Å². The quantitative estimate of drug-likeness (QED) is 0.281. The van der Waals surface area contributed by atoms with Crippen molar-refractivity contribution in [3.8, 4) is 5.75 Å². The maximum absolute atomic E-state index is 15.1. The zero-order valence-corrected chi connectivity index (χ0v) is 24.6. The summed E-state index contributed by atoms with van der Waals surface area (Å²) in [6.45, 7) is 0. The number of amides is 6. The van der Waals surface area contributed by atoms with Gasteiger partial charge in [0.15, 0.2) is 11.6 Å². The number of hydrogen-bond acceptors (Lipinski definition) is 7. The monoisotopic (exact) mass is 646 g/mol. The Morgan fingerprint density at radius 2 is 1.63 bits per heavy atom. The van der Waals surface area contributed by atoms with Gasteiger partial charge in [0, 0.05) is 10.9 Å². The van der Waals surface area contributed by atoms with E-state index in [9.17, 15) is 33.5 Å². The van der Waals surface area contributed by atoms with Crippen LogP contribution < -0.4 is 11.2 Å². The van der Waals surface area contributed by atoms with Crippen LogP contribution in [0.1, 0.15) is 29.9 Å². The average Bonchev–Trinajstić information content (AvgIpc) is 3.41. The van der Waals surface area contributed by atoms with E-state index >= 15 is 4.39 Å². The third-order valence-electron chi connectivity index (χ3n) is 9.78. The number of nitrogens with one attached hydrogen (secondary N) is 1. The SMILES string of the molecule is NC(=O)N1C(=O)[C@H]2[C@H](CC=C3[C@H]2C[C@H]2C(=O)N(Nc4ccc(F)cc4)C(=O)[C@@]2(c2ccc(Cl)cc2)[C@H]3c2ccc(O)c(F)c2)C1=O. The number of urea groups is 1. The minimum Gasteiger partial charge on any atom is -0.505 e. The molecule has 0 bridgehead atoms. The molecule has 2 saturated heterocycles. The van der Waals surface area contributed by atoms with Gasteiger partial charge in [0.25, 0.3) is 11.8 Å². The molecule has 3 aromatic carbocycles. The number of allylic oxidation sites excluding steroid dienone is 2. The molecule has 4 N–H and O–H groups in total. The molecule has 46 heavy (non-hydrogen) atoms. The lowest BCUT2D eigenvalue weighted by Gasteiger charge is -2.50. The molecule has 0 spiro atoms. The second-order valence-corrected chi connectivity index (χ2v) is 12.4. The Kier molecular flexibility index (Phi) is 6.74. The normalized spacial score (nSPS) is 28.5. The van der Waals surface area contributed by atoms with Crippen LogP contribution in [-0.4, -0.2) is 44.7 Å². The van der Waals surface area contributed by atoms with Crippen LogP contribution in [0.4, 0.5) is 19.3 Å². The first-order chi connectivity index (χ1) is 21.9. The largest absolute Gasteiger partial charge is 0.505 e. The molecule has 2 aliphatic heterocycles. The van der Waals surface area contributed by atoms with Gasteiger partial charge in [0.1, 0.15) is 5.82 Å². The number of phenolic OH excluding ortho intramolecular Hbond substituents is 1. The minimum absolute atomic E-state index is 0.0307. The fraction of sp³-hybridized carbons (Fsp3) is 0.242. The predicted molar refractivity (Wildman–Crippen MR) is 159 cm³/mol. The molecule has 2 aliphatic carbocycles. The molecule has 6 amide bonds. The Morgan fingerprint density at radius 1 is 0.935 bits per heavy atom. The Morgan fingerprint density at radius 3 is 2.28 bits per heavy atom. The number of nitrogens with two attached hydrogens (primary N) is 1. The Hall–Kier alpha value is -5.10. The first kappa shape index (κ1) is 29.6. The van der Waals surface area contributed by atoms with Crippen molar-refractivity contribution < 1.29 is 37.9 Å². The molecule has 0 aromatic heterocycles. The molecule has 1 saturated carbocycles. The highest BCUT2D eigenvalue weighted by atomic mass is 35.5. The zero-order valence-electron chi connectivity index (χ0n) is 23.8. The lowest BCUT2D eigenvalue weighted by atomic mass is 9.49. The molecule has 13 heteroatoms. The highest BCUT2D eigenvalue weighted by Gasteiger charge is 2.70. The van der Waals surface area contributed by atoms with E-state index < -0.39 is 82.0 Å². The number of hydrogen-bond donors (Lipinski definition) is 3. The topological polar surface area (TPSA) is 150 Å². The summed E-state index contributed by atoms with van der Waals surface area (Å²) < 4.78 is 28.8.